The molecule has 0 fully saturated rings. The lowest BCUT2D eigenvalue weighted by Gasteiger charge is -2.30. The van der Waals surface area contributed by atoms with Gasteiger partial charge in [0, 0.05) is 17.5 Å². The third kappa shape index (κ3) is 3.69. The number of hydrogen-bond donors (Lipinski definition) is 2. The summed E-state index contributed by atoms with van der Waals surface area (Å²) >= 11 is 0. The van der Waals surface area contributed by atoms with E-state index in [4.69, 9.17) is 10.2 Å². The molecule has 3 aromatic carbocycles. The lowest BCUT2D eigenvalue weighted by Crippen LogP contribution is -2.35. The Kier molecular flexibility index (Phi) is 5.33. The molecule has 0 aliphatic carbocycles. The summed E-state index contributed by atoms with van der Waals surface area (Å²) in [6.07, 6.45) is 1.56. The van der Waals surface area contributed by atoms with Gasteiger partial charge in [-0.2, -0.15) is 0 Å². The fourth-order valence-electron chi connectivity index (χ4n) is 4.18. The molecule has 0 unspecified atom stereocenters. The Morgan fingerprint density at radius 2 is 1.65 bits per heavy atom. The van der Waals surface area contributed by atoms with Gasteiger partial charge in [0.2, 0.25) is 5.76 Å². The zero-order valence-electron chi connectivity index (χ0n) is 18.0. The van der Waals surface area contributed by atoms with Crippen molar-refractivity contribution in [3.63, 3.8) is 0 Å². The minimum Gasteiger partial charge on any atom is -0.449 e. The topological polar surface area (TPSA) is 123 Å². The van der Waals surface area contributed by atoms with E-state index in [0.717, 1.165) is 18.4 Å². The Bertz CT molecular complexity index is 1520. The summed E-state index contributed by atoms with van der Waals surface area (Å²) in [5, 5.41) is 3.21. The number of nitrogens with one attached hydrogen (secondary N) is 1. The van der Waals surface area contributed by atoms with E-state index in [1.807, 2.05) is 18.2 Å². The van der Waals surface area contributed by atoms with Gasteiger partial charge in [0.25, 0.3) is 21.8 Å². The normalized spacial score (nSPS) is 13.5. The first kappa shape index (κ1) is 21.7. The van der Waals surface area contributed by atoms with Crippen LogP contribution in [0.2, 0.25) is 0 Å². The first-order valence-corrected chi connectivity index (χ1v) is 12.1. The number of carbonyl (C=O) groups excluding carboxylic acids is 2. The predicted molar refractivity (Wildman–Crippen MR) is 128 cm³/mol. The van der Waals surface area contributed by atoms with Gasteiger partial charge in [-0.3, -0.25) is 13.9 Å². The van der Waals surface area contributed by atoms with Gasteiger partial charge in [-0.25, -0.2) is 8.42 Å². The van der Waals surface area contributed by atoms with Gasteiger partial charge < -0.3 is 15.5 Å². The molecule has 0 saturated heterocycles. The number of primary amides is 1. The first-order chi connectivity index (χ1) is 16.4. The lowest BCUT2D eigenvalue weighted by molar-refractivity contribution is 0.0977. The van der Waals surface area contributed by atoms with Crippen LogP contribution in [-0.4, -0.2) is 26.8 Å². The average Bonchev–Trinajstić information content (AvgIpc) is 3.22. The van der Waals surface area contributed by atoms with Crippen LogP contribution in [0.4, 0.5) is 11.4 Å². The molecule has 0 bridgehead atoms. The second-order valence-electron chi connectivity index (χ2n) is 7.95. The van der Waals surface area contributed by atoms with Gasteiger partial charge in [-0.15, -0.1) is 0 Å². The molecule has 0 saturated carbocycles. The molecular weight excluding hydrogens is 454 g/mol. The predicted octanol–water partition coefficient (Wildman–Crippen LogP) is 3.93. The minimum absolute atomic E-state index is 0.0901. The lowest BCUT2D eigenvalue weighted by atomic mass is 10.0. The SMILES string of the molecule is NC(=O)c1oc2ccccc2c1NC(=O)c1ccc(S(=O)(=O)N2CCCc3ccccc32)cc1. The van der Waals surface area contributed by atoms with Crippen molar-refractivity contribution < 1.29 is 22.4 Å². The van der Waals surface area contributed by atoms with Gasteiger partial charge in [-0.1, -0.05) is 30.3 Å². The van der Waals surface area contributed by atoms with Crippen molar-refractivity contribution in [3.05, 3.63) is 89.7 Å². The summed E-state index contributed by atoms with van der Waals surface area (Å²) in [5.41, 5.74) is 7.89. The summed E-state index contributed by atoms with van der Waals surface area (Å²) in [6.45, 7) is 0.394. The second-order valence-corrected chi connectivity index (χ2v) is 9.82. The zero-order valence-corrected chi connectivity index (χ0v) is 18.8. The maximum absolute atomic E-state index is 13.3. The Hall–Kier alpha value is -4.11. The van der Waals surface area contributed by atoms with Crippen LogP contribution in [0.25, 0.3) is 11.0 Å². The molecule has 0 spiro atoms. The van der Waals surface area contributed by atoms with Crippen molar-refractivity contribution in [1.29, 1.82) is 0 Å². The van der Waals surface area contributed by atoms with Crippen molar-refractivity contribution in [2.45, 2.75) is 17.7 Å². The number of fused-ring (bicyclic) bond motifs is 2. The summed E-state index contributed by atoms with van der Waals surface area (Å²) in [5.74, 6) is -1.49. The van der Waals surface area contributed by atoms with Crippen molar-refractivity contribution >= 4 is 44.2 Å². The van der Waals surface area contributed by atoms with Gasteiger partial charge in [-0.05, 0) is 60.9 Å². The number of aryl methyl sites for hydroxylation is 1. The van der Waals surface area contributed by atoms with Crippen LogP contribution in [0, 0.1) is 0 Å². The molecule has 1 aromatic heterocycles. The van der Waals surface area contributed by atoms with Gasteiger partial charge in [0.15, 0.2) is 0 Å². The van der Waals surface area contributed by atoms with Crippen molar-refractivity contribution in [1.82, 2.24) is 0 Å². The number of rotatable bonds is 5. The number of amides is 2. The summed E-state index contributed by atoms with van der Waals surface area (Å²) in [6, 6.07) is 20.0. The molecule has 0 atom stereocenters. The third-order valence-corrected chi connectivity index (χ3v) is 7.66. The molecule has 2 heterocycles. The molecule has 34 heavy (non-hydrogen) atoms. The number of nitrogens with two attached hydrogens (primary N) is 1. The van der Waals surface area contributed by atoms with Crippen LogP contribution in [-0.2, 0) is 16.4 Å². The van der Waals surface area contributed by atoms with Gasteiger partial charge in [0.05, 0.1) is 10.6 Å². The fourth-order valence-corrected chi connectivity index (χ4v) is 5.72. The average molecular weight is 476 g/mol. The zero-order chi connectivity index (χ0) is 23.9. The van der Waals surface area contributed by atoms with E-state index in [0.29, 0.717) is 23.2 Å². The van der Waals surface area contributed by atoms with E-state index in [1.54, 1.807) is 30.3 Å². The summed E-state index contributed by atoms with van der Waals surface area (Å²) in [7, 11) is -3.79. The van der Waals surface area contributed by atoms with Crippen molar-refractivity contribution in [2.24, 2.45) is 5.73 Å². The number of anilines is 2. The van der Waals surface area contributed by atoms with Gasteiger partial charge in [0.1, 0.15) is 11.3 Å². The number of benzene rings is 3. The Balaban J connectivity index is 1.42. The summed E-state index contributed by atoms with van der Waals surface area (Å²) in [4.78, 5) is 24.8. The molecule has 8 nitrogen and oxygen atoms in total. The van der Waals surface area contributed by atoms with Crippen molar-refractivity contribution in [2.75, 3.05) is 16.2 Å². The van der Waals surface area contributed by atoms with E-state index < -0.39 is 21.8 Å². The highest BCUT2D eigenvalue weighted by atomic mass is 32.2. The highest BCUT2D eigenvalue weighted by Gasteiger charge is 2.29. The quantitative estimate of drug-likeness (QED) is 0.453. The molecule has 2 amide bonds. The molecule has 9 heteroatoms. The molecule has 3 N–H and O–H groups in total. The smallest absolute Gasteiger partial charge is 0.286 e. The van der Waals surface area contributed by atoms with E-state index in [9.17, 15) is 18.0 Å². The number of hydrogen-bond acceptors (Lipinski definition) is 5. The molecule has 172 valence electrons. The second kappa shape index (κ2) is 8.35. The third-order valence-electron chi connectivity index (χ3n) is 5.83. The molecule has 1 aliphatic heterocycles. The highest BCUT2D eigenvalue weighted by molar-refractivity contribution is 7.92. The maximum Gasteiger partial charge on any atom is 0.286 e. The van der Waals surface area contributed by atoms with Crippen molar-refractivity contribution in [3.8, 4) is 0 Å². The van der Waals surface area contributed by atoms with Gasteiger partial charge >= 0.3 is 0 Å². The van der Waals surface area contributed by atoms with E-state index >= 15 is 0 Å². The van der Waals surface area contributed by atoms with Crippen LogP contribution in [0.5, 0.6) is 0 Å². The minimum atomic E-state index is -3.79. The number of para-hydroxylation sites is 2. The molecular formula is C25H21N3O5S. The van der Waals surface area contributed by atoms with Crippen LogP contribution in [0.3, 0.4) is 0 Å². The maximum atomic E-state index is 13.3. The summed E-state index contributed by atoms with van der Waals surface area (Å²) < 4.78 is 33.5. The van der Waals surface area contributed by atoms with E-state index in [1.165, 1.54) is 28.6 Å². The number of carbonyl (C=O) groups is 2. The van der Waals surface area contributed by atoms with Crippen LogP contribution in [0.1, 0.15) is 32.9 Å². The molecule has 1 aliphatic rings. The van der Waals surface area contributed by atoms with Crippen LogP contribution >= 0.6 is 0 Å². The fraction of sp³-hybridized carbons (Fsp3) is 0.120. The van der Waals surface area contributed by atoms with E-state index in [-0.39, 0.29) is 21.9 Å². The number of nitrogens with zero attached hydrogens (tertiary/aromatic N) is 1. The standard InChI is InChI=1S/C25H21N3O5S/c26-24(29)23-22(19-8-2-4-10-21(19)33-23)27-25(30)17-11-13-18(14-12-17)34(31,32)28-15-5-7-16-6-1-3-9-20(16)28/h1-4,6,8-14H,5,7,15H2,(H2,26,29)(H,27,30). The molecule has 5 rings (SSSR count). The Labute approximate surface area is 196 Å². The Morgan fingerprint density at radius 3 is 2.41 bits per heavy atom. The molecule has 0 radical (unpaired) electrons. The first-order valence-electron chi connectivity index (χ1n) is 10.7. The number of sulfonamides is 1. The monoisotopic (exact) mass is 475 g/mol. The highest BCUT2D eigenvalue weighted by Crippen LogP contribution is 2.33. The largest absolute Gasteiger partial charge is 0.449 e. The number of furan rings is 1. The van der Waals surface area contributed by atoms with Crippen LogP contribution in [0.15, 0.2) is 82.1 Å². The Morgan fingerprint density at radius 1 is 0.941 bits per heavy atom. The van der Waals surface area contributed by atoms with Crippen LogP contribution < -0.4 is 15.4 Å². The molecule has 4 aromatic rings. The van der Waals surface area contributed by atoms with E-state index in [2.05, 4.69) is 5.32 Å².